The molecule has 1 aromatic carbocycles. The van der Waals surface area contributed by atoms with Crippen molar-refractivity contribution in [3.8, 4) is 5.88 Å². The molecular formula is C16H13F3N2O2S. The number of carbonyl (C=O) groups excluding carboxylic acids is 1. The molecule has 1 saturated heterocycles. The van der Waals surface area contributed by atoms with Gasteiger partial charge in [0.25, 0.3) is 5.91 Å². The number of anilines is 1. The van der Waals surface area contributed by atoms with Gasteiger partial charge >= 0.3 is 0 Å². The maximum atomic E-state index is 13.6. The molecule has 1 aliphatic heterocycles. The number of amides is 1. The van der Waals surface area contributed by atoms with Crippen LogP contribution in [0.1, 0.15) is 16.8 Å². The molecule has 1 atom stereocenters. The minimum absolute atomic E-state index is 0.0458. The Bertz CT molecular complexity index is 767. The Labute approximate surface area is 140 Å². The molecule has 0 radical (unpaired) electrons. The first-order chi connectivity index (χ1) is 11.5. The van der Waals surface area contributed by atoms with Gasteiger partial charge in [-0.1, -0.05) is 0 Å². The lowest BCUT2D eigenvalue weighted by atomic mass is 10.2. The summed E-state index contributed by atoms with van der Waals surface area (Å²) >= 11 is 1.78. The molecule has 0 bridgehead atoms. The van der Waals surface area contributed by atoms with E-state index in [-0.39, 0.29) is 11.7 Å². The molecule has 3 rings (SSSR count). The molecule has 1 N–H and O–H groups in total. The molecule has 0 saturated carbocycles. The van der Waals surface area contributed by atoms with Crippen LogP contribution in [0.4, 0.5) is 18.9 Å². The van der Waals surface area contributed by atoms with E-state index in [9.17, 15) is 18.0 Å². The Hall–Kier alpha value is -2.22. The van der Waals surface area contributed by atoms with Crippen LogP contribution >= 0.6 is 11.8 Å². The van der Waals surface area contributed by atoms with Gasteiger partial charge in [-0.05, 0) is 30.4 Å². The molecule has 4 nitrogen and oxygen atoms in total. The van der Waals surface area contributed by atoms with Crippen LogP contribution in [-0.4, -0.2) is 28.5 Å². The largest absolute Gasteiger partial charge is 0.473 e. The number of ether oxygens (including phenoxy) is 1. The fourth-order valence-corrected chi connectivity index (χ4v) is 3.30. The van der Waals surface area contributed by atoms with Gasteiger partial charge < -0.3 is 10.1 Å². The second-order valence-corrected chi connectivity index (χ2v) is 6.31. The number of nitrogens with zero attached hydrogens (tertiary/aromatic N) is 1. The van der Waals surface area contributed by atoms with E-state index in [0.717, 1.165) is 30.1 Å². The van der Waals surface area contributed by atoms with E-state index in [4.69, 9.17) is 4.74 Å². The standard InChI is InChI=1S/C16H13F3N2O2S/c17-11-1-2-12(15(19)14(11)18)21-16(22)9-3-5-20-13(7-9)23-10-4-6-24-8-10/h1-3,5,7,10H,4,6,8H2,(H,21,22). The summed E-state index contributed by atoms with van der Waals surface area (Å²) in [5, 5.41) is 2.21. The van der Waals surface area contributed by atoms with Crippen molar-refractivity contribution in [2.24, 2.45) is 0 Å². The van der Waals surface area contributed by atoms with Crippen molar-refractivity contribution in [2.45, 2.75) is 12.5 Å². The third-order valence-corrected chi connectivity index (χ3v) is 4.59. The van der Waals surface area contributed by atoms with Gasteiger partial charge in [-0.25, -0.2) is 18.2 Å². The van der Waals surface area contributed by atoms with E-state index in [1.165, 1.54) is 18.3 Å². The lowest BCUT2D eigenvalue weighted by Gasteiger charge is -2.12. The van der Waals surface area contributed by atoms with Crippen molar-refractivity contribution < 1.29 is 22.7 Å². The number of thioether (sulfide) groups is 1. The van der Waals surface area contributed by atoms with Crippen LogP contribution in [0.15, 0.2) is 30.5 Å². The average molecular weight is 354 g/mol. The maximum Gasteiger partial charge on any atom is 0.255 e. The maximum absolute atomic E-state index is 13.6. The monoisotopic (exact) mass is 354 g/mol. The van der Waals surface area contributed by atoms with Crippen LogP contribution in [0.25, 0.3) is 0 Å². The quantitative estimate of drug-likeness (QED) is 0.852. The first kappa shape index (κ1) is 16.6. The van der Waals surface area contributed by atoms with E-state index >= 15 is 0 Å². The van der Waals surface area contributed by atoms with E-state index in [1.807, 2.05) is 0 Å². The van der Waals surface area contributed by atoms with Gasteiger partial charge in [-0.2, -0.15) is 11.8 Å². The first-order valence-corrected chi connectivity index (χ1v) is 8.35. The highest BCUT2D eigenvalue weighted by molar-refractivity contribution is 7.99. The summed E-state index contributed by atoms with van der Waals surface area (Å²) in [4.78, 5) is 16.2. The van der Waals surface area contributed by atoms with Crippen molar-refractivity contribution in [1.82, 2.24) is 4.98 Å². The third-order valence-electron chi connectivity index (χ3n) is 3.46. The van der Waals surface area contributed by atoms with Gasteiger partial charge in [0.2, 0.25) is 5.88 Å². The van der Waals surface area contributed by atoms with Crippen molar-refractivity contribution in [3.63, 3.8) is 0 Å². The summed E-state index contributed by atoms with van der Waals surface area (Å²) in [5.41, 5.74) is -0.264. The zero-order valence-electron chi connectivity index (χ0n) is 12.4. The molecule has 24 heavy (non-hydrogen) atoms. The second kappa shape index (κ2) is 7.12. The Kier molecular flexibility index (Phi) is 4.94. The number of carbonyl (C=O) groups is 1. The molecule has 126 valence electrons. The molecule has 1 unspecified atom stereocenters. The van der Waals surface area contributed by atoms with Crippen LogP contribution in [0, 0.1) is 17.5 Å². The van der Waals surface area contributed by atoms with Gasteiger partial charge in [0.1, 0.15) is 6.10 Å². The average Bonchev–Trinajstić information content (AvgIpc) is 3.08. The number of halogens is 3. The fourth-order valence-electron chi connectivity index (χ4n) is 2.21. The predicted molar refractivity (Wildman–Crippen MR) is 84.9 cm³/mol. The molecule has 2 heterocycles. The third kappa shape index (κ3) is 3.64. The number of hydrogen-bond acceptors (Lipinski definition) is 4. The smallest absolute Gasteiger partial charge is 0.255 e. The summed E-state index contributed by atoms with van der Waals surface area (Å²) in [6, 6.07) is 4.55. The Balaban J connectivity index is 1.74. The SMILES string of the molecule is O=C(Nc1ccc(F)c(F)c1F)c1ccnc(OC2CCSC2)c1. The molecule has 1 aromatic heterocycles. The molecular weight excluding hydrogens is 341 g/mol. The number of rotatable bonds is 4. The van der Waals surface area contributed by atoms with Gasteiger partial charge in [0, 0.05) is 23.6 Å². The van der Waals surface area contributed by atoms with Crippen LogP contribution in [-0.2, 0) is 0 Å². The lowest BCUT2D eigenvalue weighted by molar-refractivity contribution is 0.102. The number of benzene rings is 1. The predicted octanol–water partition coefficient (Wildman–Crippen LogP) is 3.64. The summed E-state index contributed by atoms with van der Waals surface area (Å²) in [6.45, 7) is 0. The fraction of sp³-hybridized carbons (Fsp3) is 0.250. The number of nitrogens with one attached hydrogen (secondary N) is 1. The van der Waals surface area contributed by atoms with E-state index in [1.54, 1.807) is 11.8 Å². The number of pyridine rings is 1. The van der Waals surface area contributed by atoms with Gasteiger partial charge in [-0.15, -0.1) is 0 Å². The first-order valence-electron chi connectivity index (χ1n) is 7.20. The Morgan fingerprint density at radius 2 is 2.08 bits per heavy atom. The topological polar surface area (TPSA) is 51.2 Å². The minimum atomic E-state index is -1.63. The Morgan fingerprint density at radius 1 is 1.25 bits per heavy atom. The summed E-state index contributed by atoms with van der Waals surface area (Å²) in [5.74, 6) is -2.91. The summed E-state index contributed by atoms with van der Waals surface area (Å²) in [6.07, 6.45) is 2.35. The van der Waals surface area contributed by atoms with E-state index in [0.29, 0.717) is 5.88 Å². The van der Waals surface area contributed by atoms with Crippen LogP contribution < -0.4 is 10.1 Å². The molecule has 1 aliphatic rings. The van der Waals surface area contributed by atoms with Crippen LogP contribution in [0.5, 0.6) is 5.88 Å². The second-order valence-electron chi connectivity index (χ2n) is 5.16. The van der Waals surface area contributed by atoms with Gasteiger partial charge in [-0.3, -0.25) is 4.79 Å². The summed E-state index contributed by atoms with van der Waals surface area (Å²) < 4.78 is 45.4. The molecule has 0 aliphatic carbocycles. The summed E-state index contributed by atoms with van der Waals surface area (Å²) in [7, 11) is 0. The Morgan fingerprint density at radius 3 is 2.83 bits per heavy atom. The highest BCUT2D eigenvalue weighted by Gasteiger charge is 2.19. The van der Waals surface area contributed by atoms with Gasteiger partial charge in [0.15, 0.2) is 17.5 Å². The highest BCUT2D eigenvalue weighted by Crippen LogP contribution is 2.23. The normalized spacial score (nSPS) is 16.9. The van der Waals surface area contributed by atoms with Gasteiger partial charge in [0.05, 0.1) is 5.69 Å². The molecule has 2 aromatic rings. The molecule has 8 heteroatoms. The van der Waals surface area contributed by atoms with Crippen molar-refractivity contribution >= 4 is 23.4 Å². The van der Waals surface area contributed by atoms with E-state index < -0.39 is 29.0 Å². The van der Waals surface area contributed by atoms with Crippen molar-refractivity contribution in [3.05, 3.63) is 53.5 Å². The molecule has 0 spiro atoms. The zero-order valence-corrected chi connectivity index (χ0v) is 13.2. The lowest BCUT2D eigenvalue weighted by Crippen LogP contribution is -2.17. The van der Waals surface area contributed by atoms with Crippen molar-refractivity contribution in [2.75, 3.05) is 16.8 Å². The minimum Gasteiger partial charge on any atom is -0.473 e. The highest BCUT2D eigenvalue weighted by atomic mass is 32.2. The number of aromatic nitrogens is 1. The van der Waals surface area contributed by atoms with Crippen LogP contribution in [0.2, 0.25) is 0 Å². The molecule has 1 fully saturated rings. The van der Waals surface area contributed by atoms with Crippen molar-refractivity contribution in [1.29, 1.82) is 0 Å². The van der Waals surface area contributed by atoms with Crippen LogP contribution in [0.3, 0.4) is 0 Å². The van der Waals surface area contributed by atoms with E-state index in [2.05, 4.69) is 10.3 Å². The number of hydrogen-bond donors (Lipinski definition) is 1. The molecule has 1 amide bonds. The zero-order chi connectivity index (χ0) is 17.1.